The van der Waals surface area contributed by atoms with Gasteiger partial charge in [-0.25, -0.2) is 9.67 Å². The normalized spacial score (nSPS) is 10.5. The Morgan fingerprint density at radius 2 is 1.96 bits per heavy atom. The largest absolute Gasteiger partial charge is 0.322 e. The first-order valence-electron chi connectivity index (χ1n) is 7.28. The van der Waals surface area contributed by atoms with Crippen molar-refractivity contribution in [2.45, 2.75) is 20.4 Å². The van der Waals surface area contributed by atoms with Crippen molar-refractivity contribution in [3.8, 4) is 0 Å². The highest BCUT2D eigenvalue weighted by Gasteiger charge is 2.08. The number of hydrogen-bond donors (Lipinski definition) is 1. The molecule has 0 fully saturated rings. The average molecular weight is 307 g/mol. The quantitative estimate of drug-likeness (QED) is 0.804. The Kier molecular flexibility index (Phi) is 4.14. The third-order valence-electron chi connectivity index (χ3n) is 3.34. The van der Waals surface area contributed by atoms with E-state index in [4.69, 9.17) is 0 Å². The minimum Gasteiger partial charge on any atom is -0.322 e. The van der Waals surface area contributed by atoms with E-state index in [1.165, 1.54) is 6.33 Å². The molecule has 0 aliphatic rings. The second-order valence-electron chi connectivity index (χ2n) is 5.39. The molecule has 2 heterocycles. The standard InChI is InChI=1S/C17H17N5O/c1-12-6-16(7-13(2)20-12)21-17(23)15-5-3-4-14(8-15)9-22-11-18-10-19-22/h3-8,10-11H,9H2,1-2H3,(H,20,21,23). The van der Waals surface area contributed by atoms with Crippen LogP contribution in [0, 0.1) is 13.8 Å². The van der Waals surface area contributed by atoms with Crippen molar-refractivity contribution < 1.29 is 4.79 Å². The molecule has 1 N–H and O–H groups in total. The van der Waals surface area contributed by atoms with Crippen LogP contribution in [0.4, 0.5) is 5.69 Å². The molecule has 1 aromatic carbocycles. The van der Waals surface area contributed by atoms with E-state index in [1.807, 2.05) is 44.2 Å². The molecule has 2 aromatic heterocycles. The van der Waals surface area contributed by atoms with Gasteiger partial charge in [0.15, 0.2) is 0 Å². The third kappa shape index (κ3) is 3.79. The molecule has 0 atom stereocenters. The summed E-state index contributed by atoms with van der Waals surface area (Å²) in [7, 11) is 0. The first kappa shape index (κ1) is 14.9. The molecule has 0 bridgehead atoms. The first-order valence-corrected chi connectivity index (χ1v) is 7.28. The van der Waals surface area contributed by atoms with Crippen molar-refractivity contribution in [1.29, 1.82) is 0 Å². The van der Waals surface area contributed by atoms with E-state index in [2.05, 4.69) is 20.4 Å². The molecule has 0 saturated carbocycles. The molecule has 0 saturated heterocycles. The molecular formula is C17H17N5O. The van der Waals surface area contributed by atoms with E-state index < -0.39 is 0 Å². The lowest BCUT2D eigenvalue weighted by Gasteiger charge is -2.08. The van der Waals surface area contributed by atoms with Crippen molar-refractivity contribution in [1.82, 2.24) is 19.7 Å². The monoisotopic (exact) mass is 307 g/mol. The topological polar surface area (TPSA) is 72.7 Å². The summed E-state index contributed by atoms with van der Waals surface area (Å²) in [6.07, 6.45) is 3.14. The molecule has 0 aliphatic carbocycles. The number of hydrogen-bond acceptors (Lipinski definition) is 4. The number of carbonyl (C=O) groups is 1. The van der Waals surface area contributed by atoms with Crippen molar-refractivity contribution in [3.05, 3.63) is 71.6 Å². The van der Waals surface area contributed by atoms with Gasteiger partial charge in [-0.2, -0.15) is 5.10 Å². The van der Waals surface area contributed by atoms with Crippen LogP contribution in [0.2, 0.25) is 0 Å². The van der Waals surface area contributed by atoms with E-state index in [0.717, 1.165) is 22.6 Å². The number of rotatable bonds is 4. The van der Waals surface area contributed by atoms with Gasteiger partial charge < -0.3 is 5.32 Å². The van der Waals surface area contributed by atoms with E-state index >= 15 is 0 Å². The van der Waals surface area contributed by atoms with Crippen LogP contribution in [0.5, 0.6) is 0 Å². The number of nitrogens with zero attached hydrogens (tertiary/aromatic N) is 4. The highest BCUT2D eigenvalue weighted by atomic mass is 16.1. The minimum absolute atomic E-state index is 0.143. The molecule has 0 aliphatic heterocycles. The third-order valence-corrected chi connectivity index (χ3v) is 3.34. The van der Waals surface area contributed by atoms with Gasteiger partial charge in [-0.05, 0) is 43.7 Å². The Bertz CT molecular complexity index is 807. The number of nitrogens with one attached hydrogen (secondary N) is 1. The van der Waals surface area contributed by atoms with Crippen LogP contribution in [0.1, 0.15) is 27.3 Å². The smallest absolute Gasteiger partial charge is 0.255 e. The molecule has 6 nitrogen and oxygen atoms in total. The van der Waals surface area contributed by atoms with Gasteiger partial charge in [-0.15, -0.1) is 0 Å². The summed E-state index contributed by atoms with van der Waals surface area (Å²) in [5, 5.41) is 6.98. The summed E-state index contributed by atoms with van der Waals surface area (Å²) in [6, 6.07) is 11.2. The summed E-state index contributed by atoms with van der Waals surface area (Å²) in [4.78, 5) is 20.6. The Morgan fingerprint density at radius 3 is 2.65 bits per heavy atom. The number of aromatic nitrogens is 4. The minimum atomic E-state index is -0.143. The Morgan fingerprint density at radius 1 is 1.17 bits per heavy atom. The van der Waals surface area contributed by atoms with Crippen molar-refractivity contribution >= 4 is 11.6 Å². The van der Waals surface area contributed by atoms with E-state index in [9.17, 15) is 4.79 Å². The fourth-order valence-corrected chi connectivity index (χ4v) is 2.42. The maximum Gasteiger partial charge on any atom is 0.255 e. The van der Waals surface area contributed by atoms with Gasteiger partial charge in [0.25, 0.3) is 5.91 Å². The SMILES string of the molecule is Cc1cc(NC(=O)c2cccc(Cn3cncn3)c2)cc(C)n1. The fraction of sp³-hybridized carbons (Fsp3) is 0.176. The molecule has 0 unspecified atom stereocenters. The fourth-order valence-electron chi connectivity index (χ4n) is 2.42. The van der Waals surface area contributed by atoms with Gasteiger partial charge in [0, 0.05) is 22.6 Å². The Hall–Kier alpha value is -3.02. The molecule has 0 radical (unpaired) electrons. The van der Waals surface area contributed by atoms with Gasteiger partial charge >= 0.3 is 0 Å². The Labute approximate surface area is 134 Å². The molecule has 6 heteroatoms. The zero-order valence-corrected chi connectivity index (χ0v) is 13.0. The van der Waals surface area contributed by atoms with Crippen LogP contribution < -0.4 is 5.32 Å². The second-order valence-corrected chi connectivity index (χ2v) is 5.39. The van der Waals surface area contributed by atoms with Crippen molar-refractivity contribution in [2.75, 3.05) is 5.32 Å². The van der Waals surface area contributed by atoms with Crippen LogP contribution in [-0.2, 0) is 6.54 Å². The summed E-state index contributed by atoms with van der Waals surface area (Å²) in [5.41, 5.74) is 4.10. The van der Waals surface area contributed by atoms with Gasteiger partial charge in [-0.3, -0.25) is 9.78 Å². The summed E-state index contributed by atoms with van der Waals surface area (Å²) in [5.74, 6) is -0.143. The maximum absolute atomic E-state index is 12.4. The van der Waals surface area contributed by atoms with Crippen LogP contribution >= 0.6 is 0 Å². The first-order chi connectivity index (χ1) is 11.1. The van der Waals surface area contributed by atoms with Crippen LogP contribution in [-0.4, -0.2) is 25.7 Å². The number of carbonyl (C=O) groups excluding carboxylic acids is 1. The average Bonchev–Trinajstić information content (AvgIpc) is 2.99. The zero-order valence-electron chi connectivity index (χ0n) is 13.0. The predicted molar refractivity (Wildman–Crippen MR) is 87.2 cm³/mol. The van der Waals surface area contributed by atoms with Crippen LogP contribution in [0.3, 0.4) is 0 Å². The molecule has 3 aromatic rings. The van der Waals surface area contributed by atoms with Gasteiger partial charge in [0.2, 0.25) is 0 Å². The van der Waals surface area contributed by atoms with Gasteiger partial charge in [0.05, 0.1) is 6.54 Å². The molecule has 23 heavy (non-hydrogen) atoms. The molecule has 116 valence electrons. The van der Waals surface area contributed by atoms with E-state index in [-0.39, 0.29) is 5.91 Å². The predicted octanol–water partition coefficient (Wildman–Crippen LogP) is 2.59. The number of amides is 1. The molecular weight excluding hydrogens is 290 g/mol. The summed E-state index contributed by atoms with van der Waals surface area (Å²) >= 11 is 0. The maximum atomic E-state index is 12.4. The van der Waals surface area contributed by atoms with Gasteiger partial charge in [0.1, 0.15) is 12.7 Å². The zero-order chi connectivity index (χ0) is 16.2. The summed E-state index contributed by atoms with van der Waals surface area (Å²) < 4.78 is 1.71. The van der Waals surface area contributed by atoms with Crippen molar-refractivity contribution in [2.24, 2.45) is 0 Å². The Balaban J connectivity index is 1.76. The number of pyridine rings is 1. The lowest BCUT2D eigenvalue weighted by Crippen LogP contribution is -2.13. The van der Waals surface area contributed by atoms with E-state index in [1.54, 1.807) is 17.1 Å². The highest BCUT2D eigenvalue weighted by Crippen LogP contribution is 2.13. The summed E-state index contributed by atoms with van der Waals surface area (Å²) in [6.45, 7) is 4.39. The van der Waals surface area contributed by atoms with Gasteiger partial charge in [-0.1, -0.05) is 12.1 Å². The van der Waals surface area contributed by atoms with E-state index in [0.29, 0.717) is 12.1 Å². The van der Waals surface area contributed by atoms with Crippen LogP contribution in [0.15, 0.2) is 49.1 Å². The molecule has 1 amide bonds. The molecule has 0 spiro atoms. The number of benzene rings is 1. The highest BCUT2D eigenvalue weighted by molar-refractivity contribution is 6.04. The van der Waals surface area contributed by atoms with Crippen LogP contribution in [0.25, 0.3) is 0 Å². The van der Waals surface area contributed by atoms with Crippen molar-refractivity contribution in [3.63, 3.8) is 0 Å². The number of anilines is 1. The lowest BCUT2D eigenvalue weighted by molar-refractivity contribution is 0.102. The lowest BCUT2D eigenvalue weighted by atomic mass is 10.1. The second kappa shape index (κ2) is 6.39. The number of aryl methyl sites for hydroxylation is 2. The molecule has 3 rings (SSSR count).